The molecule has 0 N–H and O–H groups in total. The molecule has 0 fully saturated rings. The van der Waals surface area contributed by atoms with E-state index in [1.165, 1.54) is 0 Å². The van der Waals surface area contributed by atoms with Crippen LogP contribution in [0.2, 0.25) is 0 Å². The second-order valence-electron chi connectivity index (χ2n) is 4.67. The molecule has 0 bridgehead atoms. The van der Waals surface area contributed by atoms with Gasteiger partial charge >= 0.3 is 0 Å². The summed E-state index contributed by atoms with van der Waals surface area (Å²) in [5.74, 6) is 0.202. The molecule has 0 spiro atoms. The fourth-order valence-corrected chi connectivity index (χ4v) is 1.54. The Bertz CT molecular complexity index is 157. The number of nitrogens with zero attached hydrogens (tertiary/aromatic N) is 1. The van der Waals surface area contributed by atoms with Crippen LogP contribution >= 0.6 is 0 Å². The van der Waals surface area contributed by atoms with Gasteiger partial charge in [-0.2, -0.15) is 0 Å². The number of carbonyl (C=O) groups is 1. The van der Waals surface area contributed by atoms with Gasteiger partial charge in [0.1, 0.15) is 0 Å². The SMILES string of the molecule is CC(C)CN(CCC(=O)[O-])CC(C)C. The van der Waals surface area contributed by atoms with Gasteiger partial charge in [-0.15, -0.1) is 0 Å². The van der Waals surface area contributed by atoms with Crippen molar-refractivity contribution in [2.24, 2.45) is 11.8 Å². The van der Waals surface area contributed by atoms with Crippen LogP contribution in [0.15, 0.2) is 0 Å². The van der Waals surface area contributed by atoms with Gasteiger partial charge in [0.2, 0.25) is 0 Å². The molecule has 0 atom stereocenters. The summed E-state index contributed by atoms with van der Waals surface area (Å²) in [5.41, 5.74) is 0. The molecule has 0 saturated carbocycles. The number of hydrogen-bond donors (Lipinski definition) is 0. The molecular weight excluding hydrogens is 178 g/mol. The third-order valence-corrected chi connectivity index (χ3v) is 1.88. The topological polar surface area (TPSA) is 43.4 Å². The fraction of sp³-hybridized carbons (Fsp3) is 0.909. The number of rotatable bonds is 7. The summed E-state index contributed by atoms with van der Waals surface area (Å²) in [5, 5.41) is 10.3. The van der Waals surface area contributed by atoms with Gasteiger partial charge in [0, 0.05) is 25.6 Å². The van der Waals surface area contributed by atoms with Gasteiger partial charge in [-0.25, -0.2) is 0 Å². The van der Waals surface area contributed by atoms with Crippen molar-refractivity contribution in [1.29, 1.82) is 0 Å². The van der Waals surface area contributed by atoms with Crippen LogP contribution in [0.3, 0.4) is 0 Å². The zero-order valence-corrected chi connectivity index (χ0v) is 9.75. The standard InChI is InChI=1S/C11H23NO2/c1-9(2)7-12(8-10(3)4)6-5-11(13)14/h9-10H,5-8H2,1-4H3,(H,13,14)/p-1. The maximum absolute atomic E-state index is 10.3. The predicted octanol–water partition coefficient (Wildman–Crippen LogP) is 0.740. The Morgan fingerprint density at radius 1 is 1.14 bits per heavy atom. The summed E-state index contributed by atoms with van der Waals surface area (Å²) in [6.07, 6.45) is 0.138. The molecular formula is C11H22NO2-. The summed E-state index contributed by atoms with van der Waals surface area (Å²) in [6, 6.07) is 0. The van der Waals surface area contributed by atoms with Crippen LogP contribution in [0.25, 0.3) is 0 Å². The van der Waals surface area contributed by atoms with Crippen molar-refractivity contribution in [3.63, 3.8) is 0 Å². The van der Waals surface area contributed by atoms with Crippen LogP contribution in [0.1, 0.15) is 34.1 Å². The van der Waals surface area contributed by atoms with Crippen LogP contribution < -0.4 is 5.11 Å². The minimum absolute atomic E-state index is 0.138. The minimum Gasteiger partial charge on any atom is -0.550 e. The smallest absolute Gasteiger partial charge is 0.0427 e. The van der Waals surface area contributed by atoms with Crippen LogP contribution in [-0.4, -0.2) is 30.5 Å². The molecule has 3 heteroatoms. The third-order valence-electron chi connectivity index (χ3n) is 1.88. The van der Waals surface area contributed by atoms with Crippen LogP contribution in [-0.2, 0) is 4.79 Å². The summed E-state index contributed by atoms with van der Waals surface area (Å²) in [6.45, 7) is 11.1. The highest BCUT2D eigenvalue weighted by molar-refractivity contribution is 5.64. The van der Waals surface area contributed by atoms with E-state index in [1.807, 2.05) is 0 Å². The summed E-state index contributed by atoms with van der Waals surface area (Å²) < 4.78 is 0. The van der Waals surface area contributed by atoms with Crippen molar-refractivity contribution in [2.45, 2.75) is 34.1 Å². The van der Waals surface area contributed by atoms with Crippen molar-refractivity contribution in [2.75, 3.05) is 19.6 Å². The van der Waals surface area contributed by atoms with E-state index < -0.39 is 5.97 Å². The van der Waals surface area contributed by atoms with Crippen molar-refractivity contribution in [1.82, 2.24) is 4.90 Å². The molecule has 0 aromatic heterocycles. The van der Waals surface area contributed by atoms with E-state index in [0.29, 0.717) is 18.4 Å². The van der Waals surface area contributed by atoms with E-state index in [0.717, 1.165) is 13.1 Å². The fourth-order valence-electron chi connectivity index (χ4n) is 1.54. The first-order valence-electron chi connectivity index (χ1n) is 5.34. The zero-order valence-electron chi connectivity index (χ0n) is 9.75. The Balaban J connectivity index is 3.90. The molecule has 0 heterocycles. The van der Waals surface area contributed by atoms with Crippen molar-refractivity contribution in [3.05, 3.63) is 0 Å². The third kappa shape index (κ3) is 8.05. The average molecular weight is 200 g/mol. The first kappa shape index (κ1) is 13.4. The first-order chi connectivity index (χ1) is 6.41. The minimum atomic E-state index is -0.956. The van der Waals surface area contributed by atoms with Gasteiger partial charge < -0.3 is 14.8 Å². The molecule has 3 nitrogen and oxygen atoms in total. The second-order valence-corrected chi connectivity index (χ2v) is 4.67. The molecule has 0 amide bonds. The average Bonchev–Trinajstić information content (AvgIpc) is 1.97. The number of aliphatic carboxylic acids is 1. The lowest BCUT2D eigenvalue weighted by molar-refractivity contribution is -0.305. The molecule has 0 saturated heterocycles. The van der Waals surface area contributed by atoms with E-state index in [9.17, 15) is 9.90 Å². The van der Waals surface area contributed by atoms with Gasteiger partial charge in [0.25, 0.3) is 0 Å². The maximum Gasteiger partial charge on any atom is 0.0427 e. The summed E-state index contributed by atoms with van der Waals surface area (Å²) >= 11 is 0. The highest BCUT2D eigenvalue weighted by Crippen LogP contribution is 2.04. The first-order valence-corrected chi connectivity index (χ1v) is 5.34. The van der Waals surface area contributed by atoms with E-state index in [-0.39, 0.29) is 6.42 Å². The molecule has 0 aliphatic rings. The highest BCUT2D eigenvalue weighted by atomic mass is 16.4. The van der Waals surface area contributed by atoms with Gasteiger partial charge in [0.05, 0.1) is 0 Å². The molecule has 0 rings (SSSR count). The van der Waals surface area contributed by atoms with Crippen molar-refractivity contribution >= 4 is 5.97 Å². The lowest BCUT2D eigenvalue weighted by Crippen LogP contribution is -2.35. The number of hydrogen-bond acceptors (Lipinski definition) is 3. The molecule has 0 aliphatic heterocycles. The monoisotopic (exact) mass is 200 g/mol. The van der Waals surface area contributed by atoms with Crippen molar-refractivity contribution < 1.29 is 9.90 Å². The lowest BCUT2D eigenvalue weighted by Gasteiger charge is -2.26. The Labute approximate surface area is 87.1 Å². The van der Waals surface area contributed by atoms with Gasteiger partial charge in [-0.1, -0.05) is 27.7 Å². The van der Waals surface area contributed by atoms with E-state index in [4.69, 9.17) is 0 Å². The van der Waals surface area contributed by atoms with Crippen LogP contribution in [0.4, 0.5) is 0 Å². The molecule has 0 unspecified atom stereocenters. The van der Waals surface area contributed by atoms with E-state index in [2.05, 4.69) is 32.6 Å². The van der Waals surface area contributed by atoms with Gasteiger partial charge in [0.15, 0.2) is 0 Å². The van der Waals surface area contributed by atoms with E-state index >= 15 is 0 Å². The number of carbonyl (C=O) groups excluding carboxylic acids is 1. The summed E-state index contributed by atoms with van der Waals surface area (Å²) in [7, 11) is 0. The van der Waals surface area contributed by atoms with E-state index in [1.54, 1.807) is 0 Å². The van der Waals surface area contributed by atoms with Crippen LogP contribution in [0.5, 0.6) is 0 Å². The Morgan fingerprint density at radius 2 is 1.57 bits per heavy atom. The zero-order chi connectivity index (χ0) is 11.1. The van der Waals surface area contributed by atoms with Gasteiger partial charge in [-0.3, -0.25) is 0 Å². The molecule has 84 valence electrons. The number of carboxylic acid groups (broad SMARTS) is 1. The molecule has 0 aromatic carbocycles. The molecule has 0 aliphatic carbocycles. The second kappa shape index (κ2) is 6.82. The largest absolute Gasteiger partial charge is 0.550 e. The quantitative estimate of drug-likeness (QED) is 0.609. The maximum atomic E-state index is 10.3. The van der Waals surface area contributed by atoms with Crippen LogP contribution in [0, 0.1) is 11.8 Å². The Morgan fingerprint density at radius 3 is 1.86 bits per heavy atom. The van der Waals surface area contributed by atoms with Crippen molar-refractivity contribution in [3.8, 4) is 0 Å². The lowest BCUT2D eigenvalue weighted by atomic mass is 10.1. The molecule has 0 radical (unpaired) electrons. The molecule has 0 aromatic rings. The normalized spacial score (nSPS) is 11.6. The Kier molecular flexibility index (Phi) is 6.54. The molecule has 14 heavy (non-hydrogen) atoms. The highest BCUT2D eigenvalue weighted by Gasteiger charge is 2.08. The predicted molar refractivity (Wildman–Crippen MR) is 55.7 cm³/mol. The Hall–Kier alpha value is -0.570. The van der Waals surface area contributed by atoms with Gasteiger partial charge in [-0.05, 0) is 18.3 Å². The summed E-state index contributed by atoms with van der Waals surface area (Å²) in [4.78, 5) is 12.5. The number of carboxylic acids is 1.